The van der Waals surface area contributed by atoms with E-state index in [1.165, 1.54) is 4.88 Å². The van der Waals surface area contributed by atoms with E-state index >= 15 is 0 Å². The van der Waals surface area contributed by atoms with E-state index in [1.54, 1.807) is 11.8 Å². The second-order valence-electron chi connectivity index (χ2n) is 4.23. The number of rotatable bonds is 5. The summed E-state index contributed by atoms with van der Waals surface area (Å²) >= 11 is 3.60. The Labute approximate surface area is 110 Å². The summed E-state index contributed by atoms with van der Waals surface area (Å²) in [5.74, 6) is 2.55. The van der Waals surface area contributed by atoms with Crippen LogP contribution in [0.2, 0.25) is 0 Å². The lowest BCUT2D eigenvalue weighted by Gasteiger charge is -2.05. The number of aryl methyl sites for hydroxylation is 1. The third kappa shape index (κ3) is 3.10. The van der Waals surface area contributed by atoms with Gasteiger partial charge in [0, 0.05) is 23.6 Å². The average Bonchev–Trinajstić information content (AvgIpc) is 2.89. The van der Waals surface area contributed by atoms with E-state index in [0.717, 1.165) is 23.2 Å². The van der Waals surface area contributed by atoms with Crippen molar-refractivity contribution in [3.63, 3.8) is 0 Å². The molecule has 0 N–H and O–H groups in total. The normalized spacial score (nSPS) is 11.3. The van der Waals surface area contributed by atoms with Crippen molar-refractivity contribution in [1.82, 2.24) is 14.8 Å². The third-order valence-corrected chi connectivity index (χ3v) is 4.50. The van der Waals surface area contributed by atoms with Crippen molar-refractivity contribution in [2.45, 2.75) is 31.3 Å². The lowest BCUT2D eigenvalue weighted by atomic mass is 10.2. The molecule has 2 aromatic heterocycles. The number of hydrogen-bond acceptors (Lipinski definition) is 4. The minimum absolute atomic E-state index is 0.430. The monoisotopic (exact) mass is 267 g/mol. The Morgan fingerprint density at radius 2 is 2.24 bits per heavy atom. The zero-order valence-electron chi connectivity index (χ0n) is 10.4. The Bertz CT molecular complexity index is 460. The van der Waals surface area contributed by atoms with Crippen LogP contribution in [0.3, 0.4) is 0 Å². The van der Waals surface area contributed by atoms with Gasteiger partial charge in [0.2, 0.25) is 0 Å². The summed E-state index contributed by atoms with van der Waals surface area (Å²) in [5, 5.41) is 11.6. The lowest BCUT2D eigenvalue weighted by Crippen LogP contribution is -2.01. The van der Waals surface area contributed by atoms with Crippen LogP contribution >= 0.6 is 23.1 Å². The highest BCUT2D eigenvalue weighted by Gasteiger charge is 2.11. The number of thioether (sulfide) groups is 1. The van der Waals surface area contributed by atoms with Crippen LogP contribution in [-0.2, 0) is 13.5 Å². The van der Waals surface area contributed by atoms with Crippen molar-refractivity contribution < 1.29 is 0 Å². The van der Waals surface area contributed by atoms with Gasteiger partial charge in [-0.25, -0.2) is 0 Å². The first-order chi connectivity index (χ1) is 8.18. The van der Waals surface area contributed by atoms with Gasteiger partial charge in [-0.05, 0) is 17.9 Å². The fourth-order valence-electron chi connectivity index (χ4n) is 1.65. The predicted octanol–water partition coefficient (Wildman–Crippen LogP) is 3.33. The number of hydrogen-bond donors (Lipinski definition) is 0. The fraction of sp³-hybridized carbons (Fsp3) is 0.500. The summed E-state index contributed by atoms with van der Waals surface area (Å²) in [6, 6.07) is 4.28. The van der Waals surface area contributed by atoms with Gasteiger partial charge in [0.15, 0.2) is 5.16 Å². The summed E-state index contributed by atoms with van der Waals surface area (Å²) in [6.45, 7) is 4.29. The molecule has 92 valence electrons. The molecule has 3 nitrogen and oxygen atoms in total. The van der Waals surface area contributed by atoms with Crippen LogP contribution in [0.4, 0.5) is 0 Å². The molecule has 0 radical (unpaired) electrons. The van der Waals surface area contributed by atoms with Gasteiger partial charge in [-0.2, -0.15) is 0 Å². The molecular formula is C12H17N3S2. The van der Waals surface area contributed by atoms with E-state index in [0.29, 0.717) is 5.92 Å². The molecule has 0 aliphatic heterocycles. The van der Waals surface area contributed by atoms with Crippen LogP contribution in [0, 0.1) is 0 Å². The topological polar surface area (TPSA) is 30.7 Å². The first-order valence-corrected chi connectivity index (χ1v) is 7.59. The van der Waals surface area contributed by atoms with Crippen molar-refractivity contribution in [1.29, 1.82) is 0 Å². The fourth-order valence-corrected chi connectivity index (χ4v) is 3.38. The molecule has 0 unspecified atom stereocenters. The minimum Gasteiger partial charge on any atom is -0.309 e. The van der Waals surface area contributed by atoms with E-state index in [2.05, 4.69) is 46.1 Å². The SMILES string of the molecule is CC(C)c1nnc(SCCc2cccs2)n1C. The highest BCUT2D eigenvalue weighted by atomic mass is 32.2. The van der Waals surface area contributed by atoms with Gasteiger partial charge in [-0.3, -0.25) is 0 Å². The zero-order valence-corrected chi connectivity index (χ0v) is 12.0. The number of thiophene rings is 1. The van der Waals surface area contributed by atoms with Crippen LogP contribution in [0.15, 0.2) is 22.7 Å². The Morgan fingerprint density at radius 3 is 2.82 bits per heavy atom. The summed E-state index contributed by atoms with van der Waals surface area (Å²) in [7, 11) is 2.04. The van der Waals surface area contributed by atoms with E-state index in [1.807, 2.05) is 18.4 Å². The van der Waals surface area contributed by atoms with Crippen molar-refractivity contribution in [2.75, 3.05) is 5.75 Å². The maximum absolute atomic E-state index is 4.24. The highest BCUT2D eigenvalue weighted by Crippen LogP contribution is 2.21. The van der Waals surface area contributed by atoms with E-state index < -0.39 is 0 Å². The Hall–Kier alpha value is -0.810. The molecule has 5 heteroatoms. The Morgan fingerprint density at radius 1 is 1.41 bits per heavy atom. The van der Waals surface area contributed by atoms with Crippen molar-refractivity contribution >= 4 is 23.1 Å². The second kappa shape index (κ2) is 5.69. The molecule has 0 bridgehead atoms. The highest BCUT2D eigenvalue weighted by molar-refractivity contribution is 7.99. The zero-order chi connectivity index (χ0) is 12.3. The number of aromatic nitrogens is 3. The van der Waals surface area contributed by atoms with Gasteiger partial charge in [-0.15, -0.1) is 21.5 Å². The summed E-state index contributed by atoms with van der Waals surface area (Å²) in [6.07, 6.45) is 1.10. The molecule has 0 aliphatic rings. The smallest absolute Gasteiger partial charge is 0.190 e. The van der Waals surface area contributed by atoms with Gasteiger partial charge in [0.05, 0.1) is 0 Å². The van der Waals surface area contributed by atoms with Gasteiger partial charge in [0.25, 0.3) is 0 Å². The second-order valence-corrected chi connectivity index (χ2v) is 6.33. The quantitative estimate of drug-likeness (QED) is 0.779. The molecule has 0 saturated carbocycles. The van der Waals surface area contributed by atoms with Crippen LogP contribution in [0.1, 0.15) is 30.5 Å². The predicted molar refractivity (Wildman–Crippen MR) is 73.8 cm³/mol. The Kier molecular flexibility index (Phi) is 4.23. The molecule has 0 aromatic carbocycles. The number of nitrogens with zero attached hydrogens (tertiary/aromatic N) is 3. The molecule has 0 fully saturated rings. The van der Waals surface area contributed by atoms with E-state index in [-0.39, 0.29) is 0 Å². The maximum atomic E-state index is 4.24. The van der Waals surface area contributed by atoms with Crippen LogP contribution in [0.5, 0.6) is 0 Å². The first-order valence-electron chi connectivity index (χ1n) is 5.73. The maximum Gasteiger partial charge on any atom is 0.190 e. The lowest BCUT2D eigenvalue weighted by molar-refractivity contribution is 0.680. The molecule has 0 spiro atoms. The molecule has 2 heterocycles. The minimum atomic E-state index is 0.430. The standard InChI is InChI=1S/C12H17N3S2/c1-9(2)11-13-14-12(15(11)3)17-8-6-10-5-4-7-16-10/h4-5,7,9H,6,8H2,1-3H3. The van der Waals surface area contributed by atoms with Crippen molar-refractivity contribution in [3.8, 4) is 0 Å². The van der Waals surface area contributed by atoms with Crippen LogP contribution in [0.25, 0.3) is 0 Å². The third-order valence-electron chi connectivity index (χ3n) is 2.54. The van der Waals surface area contributed by atoms with E-state index in [4.69, 9.17) is 0 Å². The molecule has 0 atom stereocenters. The Balaban J connectivity index is 1.91. The van der Waals surface area contributed by atoms with Gasteiger partial charge >= 0.3 is 0 Å². The molecule has 0 saturated heterocycles. The molecule has 2 rings (SSSR count). The van der Waals surface area contributed by atoms with E-state index in [9.17, 15) is 0 Å². The summed E-state index contributed by atoms with van der Waals surface area (Å²) in [5.41, 5.74) is 0. The summed E-state index contributed by atoms with van der Waals surface area (Å²) < 4.78 is 2.10. The average molecular weight is 267 g/mol. The summed E-state index contributed by atoms with van der Waals surface area (Å²) in [4.78, 5) is 1.43. The van der Waals surface area contributed by atoms with Gasteiger partial charge in [0.1, 0.15) is 5.82 Å². The van der Waals surface area contributed by atoms with Crippen molar-refractivity contribution in [2.24, 2.45) is 7.05 Å². The van der Waals surface area contributed by atoms with Crippen LogP contribution < -0.4 is 0 Å². The molecule has 2 aromatic rings. The molecule has 0 amide bonds. The first kappa shape index (κ1) is 12.6. The molecule has 0 aliphatic carbocycles. The van der Waals surface area contributed by atoms with Gasteiger partial charge in [-0.1, -0.05) is 31.7 Å². The van der Waals surface area contributed by atoms with Crippen LogP contribution in [-0.4, -0.2) is 20.5 Å². The van der Waals surface area contributed by atoms with Gasteiger partial charge < -0.3 is 4.57 Å². The van der Waals surface area contributed by atoms with Crippen molar-refractivity contribution in [3.05, 3.63) is 28.2 Å². The largest absolute Gasteiger partial charge is 0.309 e. The molecular weight excluding hydrogens is 250 g/mol. The molecule has 17 heavy (non-hydrogen) atoms.